The highest BCUT2D eigenvalue weighted by Crippen LogP contribution is 2.24. The summed E-state index contributed by atoms with van der Waals surface area (Å²) in [6.07, 6.45) is 4.07. The molecule has 0 saturated carbocycles. The van der Waals surface area contributed by atoms with Crippen LogP contribution in [0.2, 0.25) is 0 Å². The Balaban J connectivity index is 1.75. The fourth-order valence-electron chi connectivity index (χ4n) is 2.96. The van der Waals surface area contributed by atoms with E-state index >= 15 is 0 Å². The standard InChI is InChI=1S/C17H21N3O/c1-17(8-4-9-18-11-17)12-20-16(21)14-5-2-7-15-13(14)6-3-10-19-15/h2-3,5-7,10,18H,4,8-9,11-12H2,1H3,(H,20,21). The van der Waals surface area contributed by atoms with Gasteiger partial charge in [0.15, 0.2) is 0 Å². The van der Waals surface area contributed by atoms with Crippen molar-refractivity contribution < 1.29 is 4.79 Å². The number of amides is 1. The molecule has 2 aromatic rings. The van der Waals surface area contributed by atoms with Crippen molar-refractivity contribution in [3.05, 3.63) is 42.1 Å². The summed E-state index contributed by atoms with van der Waals surface area (Å²) >= 11 is 0. The van der Waals surface area contributed by atoms with Crippen LogP contribution < -0.4 is 10.6 Å². The molecule has 110 valence electrons. The third-order valence-electron chi connectivity index (χ3n) is 4.25. The smallest absolute Gasteiger partial charge is 0.251 e. The summed E-state index contributed by atoms with van der Waals surface area (Å²) in [5, 5.41) is 7.41. The second-order valence-electron chi connectivity index (χ2n) is 6.15. The molecule has 21 heavy (non-hydrogen) atoms. The van der Waals surface area contributed by atoms with Crippen molar-refractivity contribution in [3.63, 3.8) is 0 Å². The lowest BCUT2D eigenvalue weighted by atomic mass is 9.83. The Morgan fingerprint density at radius 1 is 1.38 bits per heavy atom. The van der Waals surface area contributed by atoms with Gasteiger partial charge in [0, 0.05) is 30.2 Å². The zero-order chi connectivity index (χ0) is 14.7. The monoisotopic (exact) mass is 283 g/mol. The van der Waals surface area contributed by atoms with Gasteiger partial charge in [0.2, 0.25) is 0 Å². The van der Waals surface area contributed by atoms with Gasteiger partial charge in [0.05, 0.1) is 5.52 Å². The lowest BCUT2D eigenvalue weighted by Gasteiger charge is -2.34. The van der Waals surface area contributed by atoms with Gasteiger partial charge in [-0.05, 0) is 43.0 Å². The van der Waals surface area contributed by atoms with Crippen molar-refractivity contribution >= 4 is 16.8 Å². The molecule has 0 bridgehead atoms. The van der Waals surface area contributed by atoms with Gasteiger partial charge in [-0.15, -0.1) is 0 Å². The molecule has 0 aliphatic carbocycles. The summed E-state index contributed by atoms with van der Waals surface area (Å²) in [7, 11) is 0. The Hall–Kier alpha value is -1.94. The van der Waals surface area contributed by atoms with E-state index in [9.17, 15) is 4.79 Å². The van der Waals surface area contributed by atoms with Gasteiger partial charge in [-0.2, -0.15) is 0 Å². The Bertz CT molecular complexity index is 642. The number of nitrogens with zero attached hydrogens (tertiary/aromatic N) is 1. The Labute approximate surface area is 125 Å². The lowest BCUT2D eigenvalue weighted by Crippen LogP contribution is -2.45. The van der Waals surface area contributed by atoms with Crippen LogP contribution in [0, 0.1) is 5.41 Å². The van der Waals surface area contributed by atoms with Crippen molar-refractivity contribution in [1.29, 1.82) is 0 Å². The molecule has 2 heterocycles. The van der Waals surface area contributed by atoms with Crippen LogP contribution in [-0.4, -0.2) is 30.5 Å². The van der Waals surface area contributed by atoms with Gasteiger partial charge in [0.25, 0.3) is 5.91 Å². The van der Waals surface area contributed by atoms with Gasteiger partial charge >= 0.3 is 0 Å². The first-order chi connectivity index (χ1) is 10.2. The van der Waals surface area contributed by atoms with Crippen LogP contribution in [0.5, 0.6) is 0 Å². The van der Waals surface area contributed by atoms with Gasteiger partial charge in [0.1, 0.15) is 0 Å². The molecule has 1 atom stereocenters. The number of nitrogens with one attached hydrogen (secondary N) is 2. The molecule has 0 spiro atoms. The molecule has 1 unspecified atom stereocenters. The first kappa shape index (κ1) is 14.0. The second kappa shape index (κ2) is 5.82. The highest BCUT2D eigenvalue weighted by molar-refractivity contribution is 6.06. The molecule has 1 fully saturated rings. The molecule has 1 aromatic carbocycles. The second-order valence-corrected chi connectivity index (χ2v) is 6.15. The van der Waals surface area contributed by atoms with E-state index < -0.39 is 0 Å². The topological polar surface area (TPSA) is 54.0 Å². The summed E-state index contributed by atoms with van der Waals surface area (Å²) in [5.41, 5.74) is 1.71. The Kier molecular flexibility index (Phi) is 3.88. The van der Waals surface area contributed by atoms with E-state index in [2.05, 4.69) is 22.5 Å². The summed E-state index contributed by atoms with van der Waals surface area (Å²) in [5.74, 6) is -0.0135. The predicted molar refractivity (Wildman–Crippen MR) is 84.3 cm³/mol. The maximum Gasteiger partial charge on any atom is 0.251 e. The van der Waals surface area contributed by atoms with E-state index in [0.717, 1.165) is 30.4 Å². The number of fused-ring (bicyclic) bond motifs is 1. The maximum atomic E-state index is 12.5. The van der Waals surface area contributed by atoms with Crippen molar-refractivity contribution in [2.75, 3.05) is 19.6 Å². The van der Waals surface area contributed by atoms with E-state index in [0.29, 0.717) is 12.1 Å². The summed E-state index contributed by atoms with van der Waals surface area (Å²) in [4.78, 5) is 16.8. The number of pyridine rings is 1. The average Bonchev–Trinajstić information content (AvgIpc) is 2.53. The average molecular weight is 283 g/mol. The molecule has 1 aromatic heterocycles. The molecule has 2 N–H and O–H groups in total. The summed E-state index contributed by atoms with van der Waals surface area (Å²) in [6, 6.07) is 9.49. The number of piperidine rings is 1. The van der Waals surface area contributed by atoms with E-state index in [4.69, 9.17) is 0 Å². The molecule has 1 amide bonds. The number of rotatable bonds is 3. The van der Waals surface area contributed by atoms with Crippen molar-refractivity contribution in [3.8, 4) is 0 Å². The molecule has 1 saturated heterocycles. The van der Waals surface area contributed by atoms with E-state index in [1.165, 1.54) is 6.42 Å². The molecular formula is C17H21N3O. The minimum Gasteiger partial charge on any atom is -0.351 e. The van der Waals surface area contributed by atoms with Gasteiger partial charge in [-0.1, -0.05) is 19.1 Å². The van der Waals surface area contributed by atoms with Crippen LogP contribution in [0.4, 0.5) is 0 Å². The molecular weight excluding hydrogens is 262 g/mol. The quantitative estimate of drug-likeness (QED) is 0.909. The van der Waals surface area contributed by atoms with Crippen molar-refractivity contribution in [2.45, 2.75) is 19.8 Å². The third-order valence-corrected chi connectivity index (χ3v) is 4.25. The SMILES string of the molecule is CC1(CNC(=O)c2cccc3ncccc23)CCCNC1. The number of hydrogen-bond acceptors (Lipinski definition) is 3. The first-order valence-corrected chi connectivity index (χ1v) is 7.51. The number of carbonyl (C=O) groups is 1. The lowest BCUT2D eigenvalue weighted by molar-refractivity contribution is 0.0926. The summed E-state index contributed by atoms with van der Waals surface area (Å²) < 4.78 is 0. The molecule has 0 radical (unpaired) electrons. The maximum absolute atomic E-state index is 12.5. The highest BCUT2D eigenvalue weighted by Gasteiger charge is 2.27. The molecule has 4 heteroatoms. The predicted octanol–water partition coefficient (Wildman–Crippen LogP) is 2.35. The van der Waals surface area contributed by atoms with Crippen molar-refractivity contribution in [1.82, 2.24) is 15.6 Å². The van der Waals surface area contributed by atoms with E-state index in [1.54, 1.807) is 6.20 Å². The Morgan fingerprint density at radius 2 is 2.29 bits per heavy atom. The van der Waals surface area contributed by atoms with E-state index in [1.807, 2.05) is 30.3 Å². The number of benzene rings is 1. The zero-order valence-electron chi connectivity index (χ0n) is 12.4. The van der Waals surface area contributed by atoms with Crippen LogP contribution >= 0.6 is 0 Å². The third kappa shape index (κ3) is 3.05. The van der Waals surface area contributed by atoms with Crippen LogP contribution in [0.3, 0.4) is 0 Å². The largest absolute Gasteiger partial charge is 0.351 e. The van der Waals surface area contributed by atoms with Gasteiger partial charge in [-0.3, -0.25) is 9.78 Å². The number of aromatic nitrogens is 1. The normalized spacial score (nSPS) is 22.1. The molecule has 1 aliphatic rings. The molecule has 3 rings (SSSR count). The van der Waals surface area contributed by atoms with Crippen LogP contribution in [0.15, 0.2) is 36.5 Å². The fourth-order valence-corrected chi connectivity index (χ4v) is 2.96. The first-order valence-electron chi connectivity index (χ1n) is 7.51. The van der Waals surface area contributed by atoms with Gasteiger partial charge in [-0.25, -0.2) is 0 Å². The van der Waals surface area contributed by atoms with E-state index in [-0.39, 0.29) is 11.3 Å². The van der Waals surface area contributed by atoms with Crippen LogP contribution in [0.25, 0.3) is 10.9 Å². The minimum absolute atomic E-state index is 0.0135. The number of carbonyl (C=O) groups excluding carboxylic acids is 1. The zero-order valence-corrected chi connectivity index (χ0v) is 12.4. The van der Waals surface area contributed by atoms with Crippen LogP contribution in [-0.2, 0) is 0 Å². The van der Waals surface area contributed by atoms with Crippen molar-refractivity contribution in [2.24, 2.45) is 5.41 Å². The fraction of sp³-hybridized carbons (Fsp3) is 0.412. The highest BCUT2D eigenvalue weighted by atomic mass is 16.1. The minimum atomic E-state index is -0.0135. The summed E-state index contributed by atoms with van der Waals surface area (Å²) in [6.45, 7) is 4.97. The molecule has 4 nitrogen and oxygen atoms in total. The number of hydrogen-bond donors (Lipinski definition) is 2. The Morgan fingerprint density at radius 3 is 3.10 bits per heavy atom. The molecule has 1 aliphatic heterocycles. The van der Waals surface area contributed by atoms with Crippen LogP contribution in [0.1, 0.15) is 30.1 Å². The van der Waals surface area contributed by atoms with Gasteiger partial charge < -0.3 is 10.6 Å².